The molecule has 0 unspecified atom stereocenters. The van der Waals surface area contributed by atoms with Gasteiger partial charge in [0.2, 0.25) is 0 Å². The summed E-state index contributed by atoms with van der Waals surface area (Å²) in [6.07, 6.45) is -4.45. The van der Waals surface area contributed by atoms with Crippen LogP contribution < -0.4 is 10.9 Å². The summed E-state index contributed by atoms with van der Waals surface area (Å²) < 4.78 is 39.1. The number of nitrogens with one attached hydrogen (secondary N) is 2. The molecule has 3 aromatic rings. The fourth-order valence-corrected chi connectivity index (χ4v) is 2.94. The Hall–Kier alpha value is -2.76. The minimum Gasteiger partial charge on any atom is -0.380 e. The summed E-state index contributed by atoms with van der Waals surface area (Å²) in [4.78, 5) is 15.1. The summed E-state index contributed by atoms with van der Waals surface area (Å²) >= 11 is 0. The maximum atomic E-state index is 13.0. The second kappa shape index (κ2) is 6.27. The van der Waals surface area contributed by atoms with Gasteiger partial charge >= 0.3 is 6.18 Å². The Balaban J connectivity index is 1.95. The van der Waals surface area contributed by atoms with E-state index in [-0.39, 0.29) is 17.8 Å². The van der Waals surface area contributed by atoms with Crippen molar-refractivity contribution in [2.75, 3.05) is 5.32 Å². The monoisotopic (exact) mass is 346 g/mol. The molecular weight excluding hydrogens is 329 g/mol. The molecule has 0 bridgehead atoms. The number of hydrogen-bond acceptors (Lipinski definition) is 2. The number of rotatable bonds is 3. The van der Waals surface area contributed by atoms with Gasteiger partial charge in [0.15, 0.2) is 0 Å². The van der Waals surface area contributed by atoms with Gasteiger partial charge in [-0.3, -0.25) is 4.79 Å². The number of aromatic amines is 1. The van der Waals surface area contributed by atoms with Crippen molar-refractivity contribution in [1.29, 1.82) is 0 Å². The van der Waals surface area contributed by atoms with E-state index in [9.17, 15) is 18.0 Å². The first-order valence-corrected chi connectivity index (χ1v) is 7.79. The molecule has 0 saturated carbocycles. The van der Waals surface area contributed by atoms with Crippen LogP contribution in [0.5, 0.6) is 0 Å². The van der Waals surface area contributed by atoms with Gasteiger partial charge in [0.1, 0.15) is 0 Å². The highest BCUT2D eigenvalue weighted by Crippen LogP contribution is 2.34. The molecule has 2 aromatic carbocycles. The second-order valence-corrected chi connectivity index (χ2v) is 6.07. The third-order valence-corrected chi connectivity index (χ3v) is 4.07. The number of H-pyrrole nitrogens is 1. The van der Waals surface area contributed by atoms with Crippen molar-refractivity contribution in [2.24, 2.45) is 0 Å². The Morgan fingerprint density at radius 1 is 1.08 bits per heavy atom. The molecule has 130 valence electrons. The van der Waals surface area contributed by atoms with Crippen molar-refractivity contribution < 1.29 is 13.2 Å². The molecule has 0 aliphatic carbocycles. The number of hydrogen-bond donors (Lipinski definition) is 2. The number of fused-ring (bicyclic) bond motifs is 1. The van der Waals surface area contributed by atoms with Gasteiger partial charge in [-0.2, -0.15) is 13.2 Å². The fourth-order valence-electron chi connectivity index (χ4n) is 2.94. The molecule has 2 N–H and O–H groups in total. The lowest BCUT2D eigenvalue weighted by Crippen LogP contribution is -2.17. The molecule has 3 rings (SSSR count). The van der Waals surface area contributed by atoms with Gasteiger partial charge < -0.3 is 10.3 Å². The average molecular weight is 346 g/mol. The lowest BCUT2D eigenvalue weighted by Gasteiger charge is -2.14. The Morgan fingerprint density at radius 2 is 1.80 bits per heavy atom. The molecule has 0 aliphatic heterocycles. The van der Waals surface area contributed by atoms with Crippen LogP contribution in [0.25, 0.3) is 10.9 Å². The first-order chi connectivity index (χ1) is 11.8. The Bertz CT molecular complexity index is 990. The summed E-state index contributed by atoms with van der Waals surface area (Å²) in [5, 5.41) is 3.59. The average Bonchev–Trinajstić information content (AvgIpc) is 2.53. The van der Waals surface area contributed by atoms with E-state index in [4.69, 9.17) is 0 Å². The Labute approximate surface area is 142 Å². The van der Waals surface area contributed by atoms with Gasteiger partial charge in [0, 0.05) is 17.8 Å². The van der Waals surface area contributed by atoms with E-state index in [2.05, 4.69) is 10.3 Å². The number of aryl methyl sites for hydroxylation is 2. The fraction of sp³-hybridized carbons (Fsp3) is 0.211. The van der Waals surface area contributed by atoms with E-state index in [0.29, 0.717) is 5.56 Å². The minimum atomic E-state index is -4.45. The van der Waals surface area contributed by atoms with Gasteiger partial charge in [-0.1, -0.05) is 23.8 Å². The normalized spacial score (nSPS) is 11.7. The van der Waals surface area contributed by atoms with Crippen LogP contribution in [0.3, 0.4) is 0 Å². The molecule has 0 radical (unpaired) electrons. The maximum Gasteiger partial charge on any atom is 0.418 e. The number of para-hydroxylation sites is 1. The lowest BCUT2D eigenvalue weighted by molar-refractivity contribution is -0.136. The zero-order chi connectivity index (χ0) is 18.2. The SMILES string of the molecule is Cc1cc(C)c2[nH]c(=O)c(CNc3ccccc3C(F)(F)F)cc2c1. The highest BCUT2D eigenvalue weighted by molar-refractivity contribution is 5.82. The van der Waals surface area contributed by atoms with Gasteiger partial charge in [-0.25, -0.2) is 0 Å². The second-order valence-electron chi connectivity index (χ2n) is 6.07. The van der Waals surface area contributed by atoms with Crippen LogP contribution in [-0.2, 0) is 12.7 Å². The van der Waals surface area contributed by atoms with Gasteiger partial charge in [-0.15, -0.1) is 0 Å². The summed E-state index contributed by atoms with van der Waals surface area (Å²) in [7, 11) is 0. The van der Waals surface area contributed by atoms with E-state index in [1.807, 2.05) is 26.0 Å². The quantitative estimate of drug-likeness (QED) is 0.717. The highest BCUT2D eigenvalue weighted by Gasteiger charge is 2.33. The molecular formula is C19H17F3N2O. The van der Waals surface area contributed by atoms with E-state index in [1.165, 1.54) is 18.2 Å². The number of pyridine rings is 1. The summed E-state index contributed by atoms with van der Waals surface area (Å²) in [6, 6.07) is 10.8. The predicted molar refractivity (Wildman–Crippen MR) is 92.8 cm³/mol. The number of benzene rings is 2. The minimum absolute atomic E-state index is 0.00531. The Morgan fingerprint density at radius 3 is 2.52 bits per heavy atom. The largest absolute Gasteiger partial charge is 0.418 e. The molecule has 0 saturated heterocycles. The molecule has 1 heterocycles. The predicted octanol–water partition coefficient (Wildman–Crippen LogP) is 4.78. The topological polar surface area (TPSA) is 44.9 Å². The van der Waals surface area contributed by atoms with E-state index in [0.717, 1.165) is 28.1 Å². The van der Waals surface area contributed by atoms with Crippen LogP contribution in [0.1, 0.15) is 22.3 Å². The third kappa shape index (κ3) is 3.52. The summed E-state index contributed by atoms with van der Waals surface area (Å²) in [5.41, 5.74) is 2.03. The Kier molecular flexibility index (Phi) is 4.29. The first kappa shape index (κ1) is 17.1. The van der Waals surface area contributed by atoms with E-state index < -0.39 is 11.7 Å². The van der Waals surface area contributed by atoms with Crippen LogP contribution in [0, 0.1) is 13.8 Å². The van der Waals surface area contributed by atoms with Gasteiger partial charge in [-0.05, 0) is 49.1 Å². The van der Waals surface area contributed by atoms with Crippen molar-refractivity contribution in [2.45, 2.75) is 26.6 Å². The van der Waals surface area contributed by atoms with Crippen molar-refractivity contribution in [3.8, 4) is 0 Å². The summed E-state index contributed by atoms with van der Waals surface area (Å²) in [5.74, 6) is 0. The molecule has 0 fully saturated rings. The molecule has 0 aliphatic rings. The van der Waals surface area contributed by atoms with E-state index >= 15 is 0 Å². The van der Waals surface area contributed by atoms with Crippen molar-refractivity contribution >= 4 is 16.6 Å². The summed E-state index contributed by atoms with van der Waals surface area (Å²) in [6.45, 7) is 3.86. The molecule has 6 heteroatoms. The number of halogens is 3. The maximum absolute atomic E-state index is 13.0. The molecule has 25 heavy (non-hydrogen) atoms. The highest BCUT2D eigenvalue weighted by atomic mass is 19.4. The van der Waals surface area contributed by atoms with Crippen LogP contribution in [0.2, 0.25) is 0 Å². The van der Waals surface area contributed by atoms with Crippen molar-refractivity contribution in [1.82, 2.24) is 4.98 Å². The number of alkyl halides is 3. The zero-order valence-electron chi connectivity index (χ0n) is 13.8. The number of anilines is 1. The standard InChI is InChI=1S/C19H17F3N2O/c1-11-7-12(2)17-13(8-11)9-14(18(25)24-17)10-23-16-6-4-3-5-15(16)19(20,21)22/h3-9,23H,10H2,1-2H3,(H,24,25). The smallest absolute Gasteiger partial charge is 0.380 e. The molecule has 1 aromatic heterocycles. The van der Waals surface area contributed by atoms with Crippen LogP contribution >= 0.6 is 0 Å². The third-order valence-electron chi connectivity index (χ3n) is 4.07. The molecule has 0 amide bonds. The van der Waals surface area contributed by atoms with Gasteiger partial charge in [0.25, 0.3) is 5.56 Å². The van der Waals surface area contributed by atoms with Crippen LogP contribution in [0.15, 0.2) is 47.3 Å². The van der Waals surface area contributed by atoms with Crippen LogP contribution in [-0.4, -0.2) is 4.98 Å². The lowest BCUT2D eigenvalue weighted by atomic mass is 10.1. The molecule has 3 nitrogen and oxygen atoms in total. The molecule has 0 atom stereocenters. The van der Waals surface area contributed by atoms with Crippen molar-refractivity contribution in [3.05, 3.63) is 75.1 Å². The molecule has 0 spiro atoms. The van der Waals surface area contributed by atoms with Crippen molar-refractivity contribution in [3.63, 3.8) is 0 Å². The first-order valence-electron chi connectivity index (χ1n) is 7.79. The van der Waals surface area contributed by atoms with Gasteiger partial charge in [0.05, 0.1) is 11.1 Å². The number of aromatic nitrogens is 1. The van der Waals surface area contributed by atoms with E-state index in [1.54, 1.807) is 6.07 Å². The zero-order valence-corrected chi connectivity index (χ0v) is 13.8. The van der Waals surface area contributed by atoms with Crippen LogP contribution in [0.4, 0.5) is 18.9 Å².